The van der Waals surface area contributed by atoms with Gasteiger partial charge >= 0.3 is 5.97 Å². The molecule has 0 aromatic carbocycles. The van der Waals surface area contributed by atoms with Crippen LogP contribution >= 0.6 is 0 Å². The van der Waals surface area contributed by atoms with Crippen molar-refractivity contribution in [3.8, 4) is 0 Å². The maximum absolute atomic E-state index is 11.1. The maximum atomic E-state index is 11.1. The van der Waals surface area contributed by atoms with Gasteiger partial charge in [-0.15, -0.1) is 0 Å². The number of carbonyl (C=O) groups is 1. The number of aliphatic carboxylic acids is 1. The van der Waals surface area contributed by atoms with E-state index < -0.39 is 5.97 Å². The Bertz CT molecular complexity index is 508. The molecule has 0 saturated heterocycles. The Balaban J connectivity index is 2.27. The van der Waals surface area contributed by atoms with Gasteiger partial charge in [0.2, 0.25) is 0 Å². The molecule has 2 atom stereocenters. The first-order valence-corrected chi connectivity index (χ1v) is 6.93. The van der Waals surface area contributed by atoms with Crippen LogP contribution < -0.4 is 0 Å². The number of carboxylic acid groups (broad SMARTS) is 1. The van der Waals surface area contributed by atoms with Crippen molar-refractivity contribution in [3.05, 3.63) is 23.3 Å². The van der Waals surface area contributed by atoms with E-state index >= 15 is 0 Å². The molecule has 0 bridgehead atoms. The third-order valence-electron chi connectivity index (χ3n) is 3.77. The summed E-state index contributed by atoms with van der Waals surface area (Å²) in [6, 6.07) is 0. The monoisotopic (exact) mass is 278 g/mol. The first-order chi connectivity index (χ1) is 9.32. The summed E-state index contributed by atoms with van der Waals surface area (Å²) in [5.74, 6) is -0.352. The van der Waals surface area contributed by atoms with E-state index in [1.807, 2.05) is 0 Å². The summed E-state index contributed by atoms with van der Waals surface area (Å²) >= 11 is 0. The molecule has 20 heavy (non-hydrogen) atoms. The molecule has 1 aliphatic carbocycles. The molecular weight excluding hydrogens is 256 g/mol. The number of hydrogen-bond acceptors (Lipinski definition) is 4. The van der Waals surface area contributed by atoms with Crippen molar-refractivity contribution in [2.75, 3.05) is 7.11 Å². The molecule has 5 nitrogen and oxygen atoms in total. The summed E-state index contributed by atoms with van der Waals surface area (Å²) in [7, 11) is 1.67. The summed E-state index contributed by atoms with van der Waals surface area (Å²) in [5, 5.41) is 9.09. The minimum atomic E-state index is -0.732. The average Bonchev–Trinajstić information content (AvgIpc) is 2.37. The quantitative estimate of drug-likeness (QED) is 0.919. The van der Waals surface area contributed by atoms with Crippen LogP contribution in [-0.4, -0.2) is 28.2 Å². The van der Waals surface area contributed by atoms with Crippen molar-refractivity contribution < 1.29 is 14.6 Å². The second-order valence-electron chi connectivity index (χ2n) is 6.46. The summed E-state index contributed by atoms with van der Waals surface area (Å²) in [5.41, 5.74) is 1.84. The number of carboxylic acids is 1. The van der Waals surface area contributed by atoms with Gasteiger partial charge in [-0.3, -0.25) is 4.79 Å². The molecule has 110 valence electrons. The van der Waals surface area contributed by atoms with Crippen LogP contribution in [0.2, 0.25) is 0 Å². The number of rotatable bonds is 3. The largest absolute Gasteiger partial charge is 0.481 e. The van der Waals surface area contributed by atoms with Crippen molar-refractivity contribution in [1.29, 1.82) is 0 Å². The number of ether oxygens (including phenoxy) is 1. The SMILES string of the molecule is COC(c1ncc2c(n1)CCC(C(=O)O)C2)C(C)(C)C. The molecule has 1 aromatic heterocycles. The molecule has 1 aliphatic rings. The van der Waals surface area contributed by atoms with Gasteiger partial charge in [0.25, 0.3) is 0 Å². The topological polar surface area (TPSA) is 72.3 Å². The minimum Gasteiger partial charge on any atom is -0.481 e. The lowest BCUT2D eigenvalue weighted by Gasteiger charge is -2.29. The Morgan fingerprint density at radius 2 is 2.20 bits per heavy atom. The molecule has 0 saturated carbocycles. The summed E-state index contributed by atoms with van der Waals surface area (Å²) in [4.78, 5) is 20.1. The number of methoxy groups -OCH3 is 1. The van der Waals surface area contributed by atoms with Crippen molar-refractivity contribution in [2.45, 2.75) is 46.1 Å². The van der Waals surface area contributed by atoms with E-state index in [1.54, 1.807) is 13.3 Å². The van der Waals surface area contributed by atoms with Gasteiger partial charge in [0.1, 0.15) is 6.10 Å². The summed E-state index contributed by atoms with van der Waals surface area (Å²) < 4.78 is 5.53. The Morgan fingerprint density at radius 1 is 1.50 bits per heavy atom. The standard InChI is InChI=1S/C15H22N2O3/c1-15(2,3)12(20-4)13-16-8-10-7-9(14(18)19)5-6-11(10)17-13/h8-9,12H,5-7H2,1-4H3,(H,18,19). The van der Waals surface area contributed by atoms with Crippen LogP contribution in [0, 0.1) is 11.3 Å². The zero-order valence-electron chi connectivity index (χ0n) is 12.5. The Labute approximate surface area is 119 Å². The van der Waals surface area contributed by atoms with Crippen molar-refractivity contribution in [3.63, 3.8) is 0 Å². The fraction of sp³-hybridized carbons (Fsp3) is 0.667. The lowest BCUT2D eigenvalue weighted by atomic mass is 9.86. The molecule has 0 radical (unpaired) electrons. The molecule has 0 spiro atoms. The highest BCUT2D eigenvalue weighted by Gasteiger charge is 2.31. The maximum Gasteiger partial charge on any atom is 0.306 e. The van der Waals surface area contributed by atoms with Gasteiger partial charge in [0.15, 0.2) is 5.82 Å². The fourth-order valence-corrected chi connectivity index (χ4v) is 2.71. The zero-order chi connectivity index (χ0) is 14.9. The molecule has 0 fully saturated rings. The van der Waals surface area contributed by atoms with Gasteiger partial charge in [0.05, 0.1) is 5.92 Å². The predicted molar refractivity (Wildman–Crippen MR) is 74.4 cm³/mol. The van der Waals surface area contributed by atoms with E-state index in [2.05, 4.69) is 30.7 Å². The lowest BCUT2D eigenvalue weighted by Crippen LogP contribution is -2.26. The first-order valence-electron chi connectivity index (χ1n) is 6.93. The van der Waals surface area contributed by atoms with E-state index in [4.69, 9.17) is 9.84 Å². The first kappa shape index (κ1) is 14.9. The summed E-state index contributed by atoms with van der Waals surface area (Å²) in [6.45, 7) is 6.26. The Hall–Kier alpha value is -1.49. The molecule has 2 unspecified atom stereocenters. The smallest absolute Gasteiger partial charge is 0.306 e. The second-order valence-corrected chi connectivity index (χ2v) is 6.46. The number of aryl methyl sites for hydroxylation is 1. The van der Waals surface area contributed by atoms with Gasteiger partial charge in [-0.1, -0.05) is 20.8 Å². The van der Waals surface area contributed by atoms with Crippen molar-refractivity contribution >= 4 is 5.97 Å². The van der Waals surface area contributed by atoms with Crippen LogP contribution in [0.4, 0.5) is 0 Å². The highest BCUT2D eigenvalue weighted by molar-refractivity contribution is 5.70. The van der Waals surface area contributed by atoms with Crippen LogP contribution in [0.5, 0.6) is 0 Å². The number of hydrogen-bond donors (Lipinski definition) is 1. The van der Waals surface area contributed by atoms with Crippen LogP contribution in [0.1, 0.15) is 50.4 Å². The van der Waals surface area contributed by atoms with Crippen molar-refractivity contribution in [1.82, 2.24) is 9.97 Å². The molecule has 5 heteroatoms. The van der Waals surface area contributed by atoms with Crippen molar-refractivity contribution in [2.24, 2.45) is 11.3 Å². The van der Waals surface area contributed by atoms with Gasteiger partial charge in [-0.2, -0.15) is 0 Å². The van der Waals surface area contributed by atoms with Crippen LogP contribution in [-0.2, 0) is 22.4 Å². The Kier molecular flexibility index (Phi) is 4.09. The number of fused-ring (bicyclic) bond motifs is 1. The number of nitrogens with zero attached hydrogens (tertiary/aromatic N) is 2. The van der Waals surface area contributed by atoms with E-state index in [0.29, 0.717) is 25.1 Å². The molecule has 2 rings (SSSR count). The zero-order valence-corrected chi connectivity index (χ0v) is 12.5. The molecule has 1 heterocycles. The van der Waals surface area contributed by atoms with E-state index in [1.165, 1.54) is 0 Å². The van der Waals surface area contributed by atoms with E-state index in [-0.39, 0.29) is 17.4 Å². The van der Waals surface area contributed by atoms with Crippen LogP contribution in [0.15, 0.2) is 6.20 Å². The Morgan fingerprint density at radius 3 is 2.75 bits per heavy atom. The average molecular weight is 278 g/mol. The molecule has 1 N–H and O–H groups in total. The highest BCUT2D eigenvalue weighted by atomic mass is 16.5. The van der Waals surface area contributed by atoms with Gasteiger partial charge in [0, 0.05) is 19.0 Å². The molecule has 0 amide bonds. The van der Waals surface area contributed by atoms with Crippen LogP contribution in [0.25, 0.3) is 0 Å². The molecule has 0 aliphatic heterocycles. The fourth-order valence-electron chi connectivity index (χ4n) is 2.71. The predicted octanol–water partition coefficient (Wildman–Crippen LogP) is 2.40. The molecule has 1 aromatic rings. The van der Waals surface area contributed by atoms with Crippen LogP contribution in [0.3, 0.4) is 0 Å². The van der Waals surface area contributed by atoms with Gasteiger partial charge < -0.3 is 9.84 Å². The van der Waals surface area contributed by atoms with E-state index in [9.17, 15) is 4.79 Å². The number of aromatic nitrogens is 2. The minimum absolute atomic E-state index is 0.0821. The van der Waals surface area contributed by atoms with Gasteiger partial charge in [-0.05, 0) is 30.2 Å². The highest BCUT2D eigenvalue weighted by Crippen LogP contribution is 2.34. The second kappa shape index (κ2) is 5.48. The lowest BCUT2D eigenvalue weighted by molar-refractivity contribution is -0.142. The normalized spacial score (nSPS) is 20.3. The molecular formula is C15H22N2O3. The third-order valence-corrected chi connectivity index (χ3v) is 3.77. The third kappa shape index (κ3) is 2.98. The summed E-state index contributed by atoms with van der Waals surface area (Å²) in [6.07, 6.45) is 3.47. The van der Waals surface area contributed by atoms with Gasteiger partial charge in [-0.25, -0.2) is 9.97 Å². The van der Waals surface area contributed by atoms with E-state index in [0.717, 1.165) is 11.3 Å².